The topological polar surface area (TPSA) is 34.4 Å². The van der Waals surface area contributed by atoms with Gasteiger partial charge in [0.15, 0.2) is 5.58 Å². The average molecular weight is 300 g/mol. The molecule has 2 rings (SSSR count). The molecule has 5 heteroatoms. The number of fused-ring (bicyclic) bond motifs is 1. The van der Waals surface area contributed by atoms with Gasteiger partial charge < -0.3 is 14.5 Å². The molecule has 1 N–H and O–H groups in total. The number of halogens is 2. The largest absolute Gasteiger partial charge is 0.458 e. The molecule has 2 aromatic rings. The number of furan rings is 1. The summed E-state index contributed by atoms with van der Waals surface area (Å²) in [5, 5.41) is 4.27. The summed E-state index contributed by atoms with van der Waals surface area (Å²) in [4.78, 5) is 0. The average Bonchev–Trinajstić information content (AvgIpc) is 2.69. The Hall–Kier alpha value is -1.10. The molecule has 0 aliphatic rings. The lowest BCUT2D eigenvalue weighted by Gasteiger charge is -2.07. The van der Waals surface area contributed by atoms with Crippen molar-refractivity contribution in [3.63, 3.8) is 0 Å². The maximum atomic E-state index is 13.5. The predicted molar refractivity (Wildman–Crippen MR) is 78.4 cm³/mol. The summed E-state index contributed by atoms with van der Waals surface area (Å²) in [5.41, 5.74) is 1.36. The van der Waals surface area contributed by atoms with Crippen LogP contribution < -0.4 is 5.32 Å². The lowest BCUT2D eigenvalue weighted by molar-refractivity contribution is 0.183. The minimum absolute atomic E-state index is 0.285. The number of rotatable bonds is 6. The number of benzene rings is 1. The SMILES string of the molecule is COCc1c(CNCC(C)C)oc2c(Cl)cc(F)cc12. The molecule has 20 heavy (non-hydrogen) atoms. The van der Waals surface area contributed by atoms with Crippen LogP contribution in [0.1, 0.15) is 25.2 Å². The van der Waals surface area contributed by atoms with Crippen molar-refractivity contribution in [3.8, 4) is 0 Å². The van der Waals surface area contributed by atoms with Crippen LogP contribution in [0, 0.1) is 11.7 Å². The highest BCUT2D eigenvalue weighted by molar-refractivity contribution is 6.34. The first-order chi connectivity index (χ1) is 9.52. The molecule has 110 valence electrons. The molecule has 0 saturated carbocycles. The second kappa shape index (κ2) is 6.57. The molecular formula is C15H19ClFNO2. The molecule has 0 atom stereocenters. The van der Waals surface area contributed by atoms with Gasteiger partial charge in [0.2, 0.25) is 0 Å². The van der Waals surface area contributed by atoms with E-state index in [2.05, 4.69) is 19.2 Å². The summed E-state index contributed by atoms with van der Waals surface area (Å²) in [6.07, 6.45) is 0. The van der Waals surface area contributed by atoms with Gasteiger partial charge in [-0.2, -0.15) is 0 Å². The van der Waals surface area contributed by atoms with Gasteiger partial charge in [-0.05, 0) is 24.6 Å². The van der Waals surface area contributed by atoms with E-state index in [0.717, 1.165) is 17.9 Å². The maximum absolute atomic E-state index is 13.5. The third-order valence-corrected chi connectivity index (χ3v) is 3.30. The van der Waals surface area contributed by atoms with Crippen LogP contribution in [-0.4, -0.2) is 13.7 Å². The Morgan fingerprint density at radius 3 is 2.80 bits per heavy atom. The Kier molecular flexibility index (Phi) is 5.02. The summed E-state index contributed by atoms with van der Waals surface area (Å²) in [6, 6.07) is 2.69. The third kappa shape index (κ3) is 3.32. The van der Waals surface area contributed by atoms with E-state index in [0.29, 0.717) is 30.0 Å². The number of nitrogens with one attached hydrogen (secondary N) is 1. The molecule has 1 heterocycles. The second-order valence-electron chi connectivity index (χ2n) is 5.23. The monoisotopic (exact) mass is 299 g/mol. The van der Waals surface area contributed by atoms with Gasteiger partial charge in [0, 0.05) is 18.1 Å². The molecule has 0 unspecified atom stereocenters. The van der Waals surface area contributed by atoms with E-state index in [1.54, 1.807) is 7.11 Å². The van der Waals surface area contributed by atoms with Crippen LogP contribution in [0.4, 0.5) is 4.39 Å². The van der Waals surface area contributed by atoms with Gasteiger partial charge in [0.1, 0.15) is 11.6 Å². The standard InChI is InChI=1S/C15H19ClFNO2/c1-9(2)6-18-7-14-12(8-19-3)11-4-10(17)5-13(16)15(11)20-14/h4-5,9,18H,6-8H2,1-3H3. The molecule has 3 nitrogen and oxygen atoms in total. The predicted octanol–water partition coefficient (Wildman–Crippen LogP) is 4.12. The van der Waals surface area contributed by atoms with Gasteiger partial charge in [-0.1, -0.05) is 25.4 Å². The van der Waals surface area contributed by atoms with E-state index < -0.39 is 0 Å². The highest BCUT2D eigenvalue weighted by Gasteiger charge is 2.17. The second-order valence-corrected chi connectivity index (χ2v) is 5.63. The number of methoxy groups -OCH3 is 1. The summed E-state index contributed by atoms with van der Waals surface area (Å²) in [7, 11) is 1.60. The molecule has 1 aromatic heterocycles. The molecule has 0 radical (unpaired) electrons. The van der Waals surface area contributed by atoms with Gasteiger partial charge in [-0.25, -0.2) is 4.39 Å². The Balaban J connectivity index is 2.37. The number of hydrogen-bond acceptors (Lipinski definition) is 3. The first-order valence-electron chi connectivity index (χ1n) is 6.61. The van der Waals surface area contributed by atoms with Gasteiger partial charge in [0.05, 0.1) is 18.2 Å². The van der Waals surface area contributed by atoms with Crippen LogP contribution in [0.25, 0.3) is 11.0 Å². The van der Waals surface area contributed by atoms with Crippen LogP contribution in [-0.2, 0) is 17.9 Å². The highest BCUT2D eigenvalue weighted by atomic mass is 35.5. The van der Waals surface area contributed by atoms with Gasteiger partial charge in [0.25, 0.3) is 0 Å². The maximum Gasteiger partial charge on any atom is 0.153 e. The molecule has 0 bridgehead atoms. The normalized spacial score (nSPS) is 11.7. The molecule has 0 aliphatic carbocycles. The van der Waals surface area contributed by atoms with Crippen molar-refractivity contribution in [1.82, 2.24) is 5.32 Å². The Bertz CT molecular complexity index is 595. The van der Waals surface area contributed by atoms with Crippen molar-refractivity contribution in [2.45, 2.75) is 27.0 Å². The Morgan fingerprint density at radius 2 is 2.15 bits per heavy atom. The molecule has 0 saturated heterocycles. The fraction of sp³-hybridized carbons (Fsp3) is 0.467. The molecular weight excluding hydrogens is 281 g/mol. The van der Waals surface area contributed by atoms with E-state index in [4.69, 9.17) is 20.8 Å². The van der Waals surface area contributed by atoms with Crippen LogP contribution in [0.5, 0.6) is 0 Å². The smallest absolute Gasteiger partial charge is 0.153 e. The molecule has 0 aliphatic heterocycles. The first kappa shape index (κ1) is 15.3. The Morgan fingerprint density at radius 1 is 1.40 bits per heavy atom. The van der Waals surface area contributed by atoms with Crippen molar-refractivity contribution in [1.29, 1.82) is 0 Å². The van der Waals surface area contributed by atoms with E-state index in [1.807, 2.05) is 0 Å². The van der Waals surface area contributed by atoms with Crippen molar-refractivity contribution < 1.29 is 13.5 Å². The summed E-state index contributed by atoms with van der Waals surface area (Å²) in [6.45, 7) is 6.09. The molecule has 1 aromatic carbocycles. The van der Waals surface area contributed by atoms with Crippen molar-refractivity contribution in [2.24, 2.45) is 5.92 Å². The Labute approximate surface area is 123 Å². The van der Waals surface area contributed by atoms with E-state index >= 15 is 0 Å². The lowest BCUT2D eigenvalue weighted by atomic mass is 10.1. The van der Waals surface area contributed by atoms with E-state index in [9.17, 15) is 4.39 Å². The fourth-order valence-corrected chi connectivity index (χ4v) is 2.39. The molecule has 0 amide bonds. The lowest BCUT2D eigenvalue weighted by Crippen LogP contribution is -2.19. The van der Waals surface area contributed by atoms with Crippen LogP contribution in [0.2, 0.25) is 5.02 Å². The van der Waals surface area contributed by atoms with Gasteiger partial charge in [-0.3, -0.25) is 0 Å². The van der Waals surface area contributed by atoms with Gasteiger partial charge in [-0.15, -0.1) is 0 Å². The minimum Gasteiger partial charge on any atom is -0.458 e. The van der Waals surface area contributed by atoms with Crippen LogP contribution >= 0.6 is 11.6 Å². The summed E-state index contributed by atoms with van der Waals surface area (Å²) >= 11 is 6.04. The molecule has 0 fully saturated rings. The van der Waals surface area contributed by atoms with Crippen molar-refractivity contribution in [2.75, 3.05) is 13.7 Å². The third-order valence-electron chi connectivity index (χ3n) is 3.02. The van der Waals surface area contributed by atoms with Crippen molar-refractivity contribution >= 4 is 22.6 Å². The minimum atomic E-state index is -0.373. The quantitative estimate of drug-likeness (QED) is 0.871. The van der Waals surface area contributed by atoms with Crippen LogP contribution in [0.3, 0.4) is 0 Å². The fourth-order valence-electron chi connectivity index (χ4n) is 2.14. The van der Waals surface area contributed by atoms with E-state index in [-0.39, 0.29) is 10.8 Å². The highest BCUT2D eigenvalue weighted by Crippen LogP contribution is 2.32. The number of hydrogen-bond donors (Lipinski definition) is 1. The zero-order valence-electron chi connectivity index (χ0n) is 11.9. The zero-order valence-corrected chi connectivity index (χ0v) is 12.7. The summed E-state index contributed by atoms with van der Waals surface area (Å²) in [5.74, 6) is 0.920. The molecule has 0 spiro atoms. The van der Waals surface area contributed by atoms with Crippen LogP contribution in [0.15, 0.2) is 16.5 Å². The zero-order chi connectivity index (χ0) is 14.7. The van der Waals surface area contributed by atoms with E-state index in [1.165, 1.54) is 12.1 Å². The first-order valence-corrected chi connectivity index (χ1v) is 6.99. The summed E-state index contributed by atoms with van der Waals surface area (Å²) < 4.78 is 24.5. The van der Waals surface area contributed by atoms with Gasteiger partial charge >= 0.3 is 0 Å². The number of ether oxygens (including phenoxy) is 1. The van der Waals surface area contributed by atoms with Crippen molar-refractivity contribution in [3.05, 3.63) is 34.3 Å².